The standard InChI is InChI=1S/C4H9FO2S2/c1-3(5)4(2)8-9(6)7/h3-4H,1-2H3,(H,6,7)/p-1. The predicted molar refractivity (Wildman–Crippen MR) is 36.5 cm³/mol. The fourth-order valence-electron chi connectivity index (χ4n) is 0.200. The van der Waals surface area contributed by atoms with Crippen LogP contribution in [0.5, 0.6) is 0 Å². The summed E-state index contributed by atoms with van der Waals surface area (Å²) in [4.78, 5) is 0. The van der Waals surface area contributed by atoms with Crippen LogP contribution < -0.4 is 0 Å². The van der Waals surface area contributed by atoms with Crippen LogP contribution in [0.4, 0.5) is 4.39 Å². The van der Waals surface area contributed by atoms with Crippen LogP contribution in [0.15, 0.2) is 0 Å². The van der Waals surface area contributed by atoms with E-state index >= 15 is 0 Å². The van der Waals surface area contributed by atoms with Crippen molar-refractivity contribution in [3.05, 3.63) is 0 Å². The van der Waals surface area contributed by atoms with Gasteiger partial charge in [-0.05, 0) is 13.8 Å². The van der Waals surface area contributed by atoms with Gasteiger partial charge in [-0.1, -0.05) is 10.8 Å². The van der Waals surface area contributed by atoms with Gasteiger partial charge >= 0.3 is 0 Å². The second-order valence-electron chi connectivity index (χ2n) is 1.68. The van der Waals surface area contributed by atoms with Gasteiger partial charge in [0.1, 0.15) is 6.17 Å². The Hall–Kier alpha value is 0.390. The third-order valence-corrected chi connectivity index (χ3v) is 3.10. The lowest BCUT2D eigenvalue weighted by Gasteiger charge is -2.12. The summed E-state index contributed by atoms with van der Waals surface area (Å²) >= 11 is 0. The highest BCUT2D eigenvalue weighted by molar-refractivity contribution is 8.67. The fraction of sp³-hybridized carbons (Fsp3) is 1.00. The highest BCUT2D eigenvalue weighted by atomic mass is 33.1. The monoisotopic (exact) mass is 171 g/mol. The SMILES string of the molecule is CC(F)C(C)SS(=O)[O-]. The molecule has 5 heteroatoms. The van der Waals surface area contributed by atoms with Crippen LogP contribution in [0.1, 0.15) is 13.8 Å². The zero-order valence-corrected chi connectivity index (χ0v) is 6.80. The van der Waals surface area contributed by atoms with Crippen molar-refractivity contribution in [3.8, 4) is 0 Å². The molecule has 0 saturated heterocycles. The molecule has 0 aliphatic rings. The van der Waals surface area contributed by atoms with Crippen LogP contribution >= 0.6 is 10.8 Å². The Morgan fingerprint density at radius 2 is 2.11 bits per heavy atom. The van der Waals surface area contributed by atoms with Crippen molar-refractivity contribution in [2.24, 2.45) is 0 Å². The molecule has 0 aromatic carbocycles. The van der Waals surface area contributed by atoms with Crippen molar-refractivity contribution < 1.29 is 13.2 Å². The first-order chi connectivity index (χ1) is 4.04. The van der Waals surface area contributed by atoms with Crippen molar-refractivity contribution >= 4 is 20.9 Å². The summed E-state index contributed by atoms with van der Waals surface area (Å²) in [6.45, 7) is 2.87. The zero-order chi connectivity index (χ0) is 7.44. The van der Waals surface area contributed by atoms with E-state index in [4.69, 9.17) is 0 Å². The minimum atomic E-state index is -2.19. The first-order valence-corrected chi connectivity index (χ1v) is 4.91. The third kappa shape index (κ3) is 4.87. The quantitative estimate of drug-likeness (QED) is 0.474. The Balaban J connectivity index is 3.50. The first kappa shape index (κ1) is 9.39. The Labute approximate surface area is 59.9 Å². The molecule has 0 aromatic rings. The van der Waals surface area contributed by atoms with Crippen LogP contribution in [0, 0.1) is 0 Å². The smallest absolute Gasteiger partial charge is 0.110 e. The minimum Gasteiger partial charge on any atom is -0.764 e. The maximum Gasteiger partial charge on any atom is 0.110 e. The van der Waals surface area contributed by atoms with Crippen LogP contribution in [-0.4, -0.2) is 20.2 Å². The molecule has 0 radical (unpaired) electrons. The van der Waals surface area contributed by atoms with Gasteiger partial charge in [0, 0.05) is 15.4 Å². The largest absolute Gasteiger partial charge is 0.764 e. The molecule has 3 atom stereocenters. The van der Waals surface area contributed by atoms with Gasteiger partial charge in [0.15, 0.2) is 0 Å². The summed E-state index contributed by atoms with van der Waals surface area (Å²) in [5, 5.41) is -0.469. The van der Waals surface area contributed by atoms with E-state index in [0.717, 1.165) is 0 Å². The van der Waals surface area contributed by atoms with Crippen molar-refractivity contribution in [1.29, 1.82) is 0 Å². The summed E-state index contributed by atoms with van der Waals surface area (Å²) < 4.78 is 32.0. The molecule has 0 amide bonds. The fourth-order valence-corrected chi connectivity index (χ4v) is 1.80. The molecule has 0 N–H and O–H groups in total. The van der Waals surface area contributed by atoms with E-state index in [2.05, 4.69) is 0 Å². The Bertz CT molecular complexity index is 107. The average Bonchev–Trinajstić information content (AvgIpc) is 1.63. The topological polar surface area (TPSA) is 40.1 Å². The average molecular weight is 171 g/mol. The molecule has 2 nitrogen and oxygen atoms in total. The minimum absolute atomic E-state index is 0.469. The van der Waals surface area contributed by atoms with Crippen molar-refractivity contribution in [2.45, 2.75) is 25.3 Å². The molecule has 0 bridgehead atoms. The number of rotatable bonds is 3. The van der Waals surface area contributed by atoms with E-state index in [1.807, 2.05) is 0 Å². The number of halogens is 1. The molecular weight excluding hydrogens is 163 g/mol. The van der Waals surface area contributed by atoms with Gasteiger partial charge in [-0.25, -0.2) is 4.39 Å². The Morgan fingerprint density at radius 3 is 2.22 bits per heavy atom. The van der Waals surface area contributed by atoms with E-state index in [9.17, 15) is 13.2 Å². The molecule has 0 spiro atoms. The summed E-state index contributed by atoms with van der Waals surface area (Å²) in [7, 11) is -1.59. The summed E-state index contributed by atoms with van der Waals surface area (Å²) in [5.74, 6) is 0. The zero-order valence-electron chi connectivity index (χ0n) is 5.17. The van der Waals surface area contributed by atoms with E-state index in [1.165, 1.54) is 13.8 Å². The van der Waals surface area contributed by atoms with Crippen LogP contribution in [-0.2, 0) is 10.1 Å². The van der Waals surface area contributed by atoms with Crippen molar-refractivity contribution in [3.63, 3.8) is 0 Å². The molecule has 0 fully saturated rings. The van der Waals surface area contributed by atoms with Gasteiger partial charge in [0.05, 0.1) is 0 Å². The van der Waals surface area contributed by atoms with Gasteiger partial charge in [-0.3, -0.25) is 4.21 Å². The molecule has 0 aliphatic heterocycles. The number of hydrogen-bond acceptors (Lipinski definition) is 3. The highest BCUT2D eigenvalue weighted by Gasteiger charge is 2.10. The van der Waals surface area contributed by atoms with E-state index in [1.54, 1.807) is 0 Å². The molecule has 9 heavy (non-hydrogen) atoms. The van der Waals surface area contributed by atoms with E-state index < -0.39 is 21.5 Å². The van der Waals surface area contributed by atoms with Gasteiger partial charge in [-0.2, -0.15) is 0 Å². The van der Waals surface area contributed by atoms with Crippen molar-refractivity contribution in [2.75, 3.05) is 0 Å². The maximum absolute atomic E-state index is 12.2. The highest BCUT2D eigenvalue weighted by Crippen LogP contribution is 2.18. The predicted octanol–water partition coefficient (Wildman–Crippen LogP) is 1.26. The normalized spacial score (nSPS) is 20.9. The van der Waals surface area contributed by atoms with Gasteiger partial charge in [0.2, 0.25) is 0 Å². The number of alkyl halides is 1. The van der Waals surface area contributed by atoms with Gasteiger partial charge < -0.3 is 4.55 Å². The molecule has 3 unspecified atom stereocenters. The number of hydrogen-bond donors (Lipinski definition) is 0. The molecule has 0 saturated carbocycles. The van der Waals surface area contributed by atoms with Crippen LogP contribution in [0.25, 0.3) is 0 Å². The van der Waals surface area contributed by atoms with Crippen LogP contribution in [0.3, 0.4) is 0 Å². The van der Waals surface area contributed by atoms with Gasteiger partial charge in [-0.15, -0.1) is 0 Å². The maximum atomic E-state index is 12.2. The third-order valence-electron chi connectivity index (χ3n) is 0.877. The molecular formula is C4H8FO2S2-. The summed E-state index contributed by atoms with van der Waals surface area (Å²) in [6.07, 6.45) is -1.08. The van der Waals surface area contributed by atoms with E-state index in [-0.39, 0.29) is 0 Å². The summed E-state index contributed by atoms with van der Waals surface area (Å²) in [5.41, 5.74) is 0. The molecule has 0 aromatic heterocycles. The van der Waals surface area contributed by atoms with Crippen molar-refractivity contribution in [1.82, 2.24) is 0 Å². The molecule has 0 aliphatic carbocycles. The molecule has 56 valence electrons. The second kappa shape index (κ2) is 4.24. The Morgan fingerprint density at radius 1 is 1.67 bits per heavy atom. The van der Waals surface area contributed by atoms with E-state index in [0.29, 0.717) is 10.8 Å². The van der Waals surface area contributed by atoms with Gasteiger partial charge in [0.25, 0.3) is 0 Å². The Kier molecular flexibility index (Phi) is 4.43. The first-order valence-electron chi connectivity index (χ1n) is 2.44. The lowest BCUT2D eigenvalue weighted by molar-refractivity contribution is 0.361. The lowest BCUT2D eigenvalue weighted by Crippen LogP contribution is -2.10. The molecule has 0 rings (SSSR count). The molecule has 0 heterocycles. The lowest BCUT2D eigenvalue weighted by atomic mass is 10.3. The summed E-state index contributed by atoms with van der Waals surface area (Å²) in [6, 6.07) is 0. The van der Waals surface area contributed by atoms with Crippen LogP contribution in [0.2, 0.25) is 0 Å². The second-order valence-corrected chi connectivity index (χ2v) is 4.42.